The SMILES string of the molecule is COc1ccc(CN2CCCC3(CCc4cn[nH]c43)C2)cc1CN1CCCC1.O=CO.O=CO. The zero-order valence-corrected chi connectivity index (χ0v) is 19.9. The molecule has 3 N–H and O–H groups in total. The van der Waals surface area contributed by atoms with Crippen LogP contribution >= 0.6 is 0 Å². The minimum atomic E-state index is -0.250. The molecule has 34 heavy (non-hydrogen) atoms. The summed E-state index contributed by atoms with van der Waals surface area (Å²) in [5, 5.41) is 21.4. The lowest BCUT2D eigenvalue weighted by molar-refractivity contribution is -0.123. The zero-order valence-electron chi connectivity index (χ0n) is 19.9. The number of hydrogen-bond donors (Lipinski definition) is 3. The van der Waals surface area contributed by atoms with Crippen molar-refractivity contribution < 1.29 is 24.5 Å². The van der Waals surface area contributed by atoms with Gasteiger partial charge >= 0.3 is 0 Å². The van der Waals surface area contributed by atoms with Crippen LogP contribution in [0.3, 0.4) is 0 Å². The first-order valence-electron chi connectivity index (χ1n) is 11.9. The van der Waals surface area contributed by atoms with Crippen LogP contribution in [0.25, 0.3) is 0 Å². The highest BCUT2D eigenvalue weighted by Crippen LogP contribution is 2.44. The number of piperidine rings is 1. The first-order chi connectivity index (χ1) is 16.6. The number of benzene rings is 1. The number of methoxy groups -OCH3 is 1. The minimum absolute atomic E-state index is 0.250. The number of likely N-dealkylation sites (tertiary alicyclic amines) is 2. The summed E-state index contributed by atoms with van der Waals surface area (Å²) in [6.45, 7) is 6.32. The van der Waals surface area contributed by atoms with Crippen molar-refractivity contribution in [1.29, 1.82) is 0 Å². The van der Waals surface area contributed by atoms with Gasteiger partial charge in [-0.2, -0.15) is 5.10 Å². The van der Waals surface area contributed by atoms with Crippen LogP contribution in [0.4, 0.5) is 0 Å². The summed E-state index contributed by atoms with van der Waals surface area (Å²) in [5.41, 5.74) is 5.91. The van der Waals surface area contributed by atoms with Crippen molar-refractivity contribution in [3.05, 3.63) is 46.8 Å². The molecule has 9 heteroatoms. The molecule has 186 valence electrons. The number of rotatable bonds is 5. The number of hydrogen-bond acceptors (Lipinski definition) is 6. The van der Waals surface area contributed by atoms with Gasteiger partial charge in [0.25, 0.3) is 12.9 Å². The van der Waals surface area contributed by atoms with E-state index in [0.29, 0.717) is 5.41 Å². The van der Waals surface area contributed by atoms with E-state index in [1.807, 2.05) is 6.20 Å². The number of aromatic nitrogens is 2. The van der Waals surface area contributed by atoms with Crippen molar-refractivity contribution >= 4 is 12.9 Å². The molecule has 5 rings (SSSR count). The van der Waals surface area contributed by atoms with Gasteiger partial charge in [-0.3, -0.25) is 24.5 Å². The van der Waals surface area contributed by atoms with E-state index < -0.39 is 0 Å². The van der Waals surface area contributed by atoms with Gasteiger partial charge in [-0.25, -0.2) is 0 Å². The Bertz CT molecular complexity index is 922. The van der Waals surface area contributed by atoms with Crippen LogP contribution in [0.2, 0.25) is 0 Å². The molecule has 0 radical (unpaired) electrons. The number of ether oxygens (including phenoxy) is 1. The topological polar surface area (TPSA) is 119 Å². The standard InChI is InChI=1S/C23H32N4O.2CH2O2/c1-28-21-6-5-18(13-20(21)16-26-10-2-3-11-26)15-27-12-4-8-23(17-27)9-7-19-14-24-25-22(19)23;2*2-1-3/h5-6,13-14H,2-4,7-12,15-17H2,1H3,(H,24,25);2*1H,(H,2,3). The van der Waals surface area contributed by atoms with E-state index >= 15 is 0 Å². The van der Waals surface area contributed by atoms with Gasteiger partial charge < -0.3 is 14.9 Å². The lowest BCUT2D eigenvalue weighted by atomic mass is 9.77. The summed E-state index contributed by atoms with van der Waals surface area (Å²) >= 11 is 0. The molecule has 0 amide bonds. The molecule has 1 unspecified atom stereocenters. The molecule has 1 atom stereocenters. The smallest absolute Gasteiger partial charge is 0.290 e. The molecule has 2 saturated heterocycles. The van der Waals surface area contributed by atoms with Crippen LogP contribution in [0, 0.1) is 0 Å². The van der Waals surface area contributed by atoms with Gasteiger partial charge in [-0.1, -0.05) is 6.07 Å². The van der Waals surface area contributed by atoms with Crippen molar-refractivity contribution in [1.82, 2.24) is 20.0 Å². The molecule has 1 spiro atoms. The number of carbonyl (C=O) groups is 2. The fourth-order valence-electron chi connectivity index (χ4n) is 5.72. The van der Waals surface area contributed by atoms with E-state index in [9.17, 15) is 0 Å². The highest BCUT2D eigenvalue weighted by molar-refractivity contribution is 5.38. The molecule has 0 saturated carbocycles. The molecule has 2 aliphatic heterocycles. The highest BCUT2D eigenvalue weighted by Gasteiger charge is 2.43. The van der Waals surface area contributed by atoms with Gasteiger partial charge in [0.2, 0.25) is 0 Å². The van der Waals surface area contributed by atoms with Crippen molar-refractivity contribution in [2.24, 2.45) is 0 Å². The summed E-state index contributed by atoms with van der Waals surface area (Å²) in [7, 11) is 1.79. The predicted molar refractivity (Wildman–Crippen MR) is 128 cm³/mol. The number of H-pyrrole nitrogens is 1. The maximum atomic E-state index is 8.36. The van der Waals surface area contributed by atoms with Gasteiger partial charge in [-0.05, 0) is 81.4 Å². The third-order valence-electron chi connectivity index (χ3n) is 7.12. The predicted octanol–water partition coefficient (Wildman–Crippen LogP) is 2.90. The van der Waals surface area contributed by atoms with Crippen molar-refractivity contribution in [3.8, 4) is 5.75 Å². The zero-order chi connectivity index (χ0) is 24.4. The molecule has 3 heterocycles. The molecule has 0 bridgehead atoms. The second-order valence-electron chi connectivity index (χ2n) is 9.21. The number of aryl methyl sites for hydroxylation is 1. The second kappa shape index (κ2) is 12.5. The van der Waals surface area contributed by atoms with Crippen LogP contribution in [-0.2, 0) is 34.5 Å². The van der Waals surface area contributed by atoms with Crippen molar-refractivity contribution in [3.63, 3.8) is 0 Å². The summed E-state index contributed by atoms with van der Waals surface area (Å²) in [6.07, 6.45) is 9.72. The number of nitrogens with zero attached hydrogens (tertiary/aromatic N) is 3. The maximum absolute atomic E-state index is 8.36. The van der Waals surface area contributed by atoms with Gasteiger partial charge in [0.1, 0.15) is 5.75 Å². The monoisotopic (exact) mass is 472 g/mol. The molecular formula is C25H36N4O5. The molecular weight excluding hydrogens is 436 g/mol. The Labute approximate surface area is 200 Å². The summed E-state index contributed by atoms with van der Waals surface area (Å²) in [4.78, 5) is 21.9. The van der Waals surface area contributed by atoms with Gasteiger partial charge in [-0.15, -0.1) is 0 Å². The fraction of sp³-hybridized carbons (Fsp3) is 0.560. The first kappa shape index (κ1) is 25.7. The van der Waals surface area contributed by atoms with Gasteiger partial charge in [0, 0.05) is 36.3 Å². The molecule has 1 aliphatic carbocycles. The van der Waals surface area contributed by atoms with E-state index in [2.05, 4.69) is 38.2 Å². The fourth-order valence-corrected chi connectivity index (χ4v) is 5.72. The molecule has 2 fully saturated rings. The molecule has 9 nitrogen and oxygen atoms in total. The normalized spacial score (nSPS) is 21.7. The van der Waals surface area contributed by atoms with Crippen molar-refractivity contribution in [2.45, 2.75) is 57.0 Å². The second-order valence-corrected chi connectivity index (χ2v) is 9.21. The highest BCUT2D eigenvalue weighted by atomic mass is 16.5. The van der Waals surface area contributed by atoms with Crippen LogP contribution < -0.4 is 4.74 Å². The van der Waals surface area contributed by atoms with Crippen LogP contribution in [0.15, 0.2) is 24.4 Å². The first-order valence-corrected chi connectivity index (χ1v) is 11.9. The van der Waals surface area contributed by atoms with Gasteiger partial charge in [0.05, 0.1) is 13.3 Å². The van der Waals surface area contributed by atoms with Crippen molar-refractivity contribution in [2.75, 3.05) is 33.3 Å². The Morgan fingerprint density at radius 2 is 1.76 bits per heavy atom. The van der Waals surface area contributed by atoms with E-state index in [1.165, 1.54) is 80.5 Å². The number of fused-ring (bicyclic) bond motifs is 2. The average Bonchev–Trinajstić information content (AvgIpc) is 3.57. The van der Waals surface area contributed by atoms with E-state index in [1.54, 1.807) is 7.11 Å². The van der Waals surface area contributed by atoms with E-state index in [0.717, 1.165) is 25.4 Å². The Kier molecular flexibility index (Phi) is 9.47. The third kappa shape index (κ3) is 6.15. The number of aromatic amines is 1. The molecule has 1 aromatic heterocycles. The average molecular weight is 473 g/mol. The van der Waals surface area contributed by atoms with Crippen LogP contribution in [0.1, 0.15) is 54.5 Å². The Balaban J connectivity index is 0.000000492. The molecule has 2 aromatic rings. The summed E-state index contributed by atoms with van der Waals surface area (Å²) < 4.78 is 5.66. The van der Waals surface area contributed by atoms with E-state index in [4.69, 9.17) is 24.5 Å². The minimum Gasteiger partial charge on any atom is -0.496 e. The maximum Gasteiger partial charge on any atom is 0.290 e. The lowest BCUT2D eigenvalue weighted by Crippen LogP contribution is -2.44. The third-order valence-corrected chi connectivity index (χ3v) is 7.12. The van der Waals surface area contributed by atoms with E-state index in [-0.39, 0.29) is 12.9 Å². The van der Waals surface area contributed by atoms with Crippen LogP contribution in [0.5, 0.6) is 5.75 Å². The Morgan fingerprint density at radius 3 is 2.47 bits per heavy atom. The number of carboxylic acid groups (broad SMARTS) is 2. The van der Waals surface area contributed by atoms with Crippen LogP contribution in [-0.4, -0.2) is 76.4 Å². The molecule has 1 aromatic carbocycles. The number of nitrogens with one attached hydrogen (secondary N) is 1. The lowest BCUT2D eigenvalue weighted by Gasteiger charge is -2.40. The largest absolute Gasteiger partial charge is 0.496 e. The summed E-state index contributed by atoms with van der Waals surface area (Å²) in [5.74, 6) is 1.03. The Morgan fingerprint density at radius 1 is 1.06 bits per heavy atom. The quantitative estimate of drug-likeness (QED) is 0.569. The Hall–Kier alpha value is -2.91. The summed E-state index contributed by atoms with van der Waals surface area (Å²) in [6, 6.07) is 6.81. The molecule has 3 aliphatic rings. The van der Waals surface area contributed by atoms with Gasteiger partial charge in [0.15, 0.2) is 0 Å².